The van der Waals surface area contributed by atoms with Crippen molar-refractivity contribution in [2.45, 2.75) is 0 Å². The maximum atomic E-state index is 2.49. The molecule has 3 aromatic heterocycles. The van der Waals surface area contributed by atoms with Gasteiger partial charge in [-0.3, -0.25) is 0 Å². The smallest absolute Gasteiger partial charge is 0.0542 e. The number of hydrogen-bond acceptors (Lipinski definition) is 2. The van der Waals surface area contributed by atoms with Crippen LogP contribution in [0, 0.1) is 0 Å². The molecule has 0 radical (unpaired) electrons. The Morgan fingerprint density at radius 2 is 0.580 bits per heavy atom. The highest BCUT2D eigenvalue weighted by Crippen LogP contribution is 2.45. The minimum atomic E-state index is 1.09. The van der Waals surface area contributed by atoms with Gasteiger partial charge in [-0.2, -0.15) is 0 Å². The predicted molar refractivity (Wildman–Crippen MR) is 377 cm³/mol. The van der Waals surface area contributed by atoms with Crippen molar-refractivity contribution in [3.05, 3.63) is 322 Å². The molecule has 410 valence electrons. The first-order valence-electron chi connectivity index (χ1n) is 30.2. The molecule has 0 aliphatic carbocycles. The van der Waals surface area contributed by atoms with E-state index in [2.05, 4.69) is 336 Å². The molecule has 18 aromatic rings. The summed E-state index contributed by atoms with van der Waals surface area (Å²) >= 11 is 1.88. The molecule has 0 aliphatic heterocycles. The van der Waals surface area contributed by atoms with Gasteiger partial charge in [-0.15, -0.1) is 11.3 Å². The molecule has 15 aromatic carbocycles. The highest BCUT2D eigenvalue weighted by Gasteiger charge is 2.21. The summed E-state index contributed by atoms with van der Waals surface area (Å²) in [5, 5.41) is 15.0. The summed E-state index contributed by atoms with van der Waals surface area (Å²) < 4.78 is 7.60. The number of fused-ring (bicyclic) bond motifs is 15. The van der Waals surface area contributed by atoms with Gasteiger partial charge in [-0.25, -0.2) is 0 Å². The zero-order valence-corrected chi connectivity index (χ0v) is 48.7. The second-order valence-electron chi connectivity index (χ2n) is 23.2. The van der Waals surface area contributed by atoms with Crippen molar-refractivity contribution in [1.82, 2.24) is 9.13 Å². The lowest BCUT2D eigenvalue weighted by Crippen LogP contribution is -2.09. The number of anilines is 3. The van der Waals surface area contributed by atoms with E-state index in [0.717, 1.165) is 50.6 Å². The Bertz CT molecular complexity index is 5650. The maximum absolute atomic E-state index is 2.49. The van der Waals surface area contributed by atoms with E-state index in [1.165, 1.54) is 118 Å². The van der Waals surface area contributed by atoms with E-state index >= 15 is 0 Å². The molecule has 88 heavy (non-hydrogen) atoms. The highest BCUT2D eigenvalue weighted by atomic mass is 32.1. The zero-order chi connectivity index (χ0) is 57.8. The lowest BCUT2D eigenvalue weighted by atomic mass is 9.94. The molecule has 3 nitrogen and oxygen atoms in total. The SMILES string of the molecule is c1ccc(-c2ccc3c(c2)c2cc(-c4ccccc4)ccc2n3-c2ccc3c(c2)c2cc(-c4ccc(N(c5ccccc5)c5ccc(-c6cccc7c6sc6ccccc67)cc5)cc4)ccc2n3-c2ccc3c4ccccc4c4ccccc4c3c2)cc1. The van der Waals surface area contributed by atoms with Gasteiger partial charge in [-0.05, 0) is 186 Å². The van der Waals surface area contributed by atoms with Crippen LogP contribution in [0.2, 0.25) is 0 Å². The molecular weight excluding hydrogens is 1080 g/mol. The summed E-state index contributed by atoms with van der Waals surface area (Å²) in [6.45, 7) is 0. The molecule has 18 rings (SSSR count). The summed E-state index contributed by atoms with van der Waals surface area (Å²) in [5.41, 5.74) is 19.8. The van der Waals surface area contributed by atoms with E-state index in [0.29, 0.717) is 0 Å². The quantitative estimate of drug-likeness (QED) is 0.131. The molecule has 0 bridgehead atoms. The summed E-state index contributed by atoms with van der Waals surface area (Å²) in [6, 6.07) is 119. The number of rotatable bonds is 9. The van der Waals surface area contributed by atoms with Crippen LogP contribution in [-0.2, 0) is 0 Å². The molecule has 0 spiro atoms. The maximum Gasteiger partial charge on any atom is 0.0542 e. The minimum absolute atomic E-state index is 1.09. The molecule has 0 saturated carbocycles. The van der Waals surface area contributed by atoms with E-state index < -0.39 is 0 Å². The van der Waals surface area contributed by atoms with Crippen molar-refractivity contribution in [2.24, 2.45) is 0 Å². The van der Waals surface area contributed by atoms with Crippen molar-refractivity contribution < 1.29 is 0 Å². The number of thiophene rings is 1. The normalized spacial score (nSPS) is 11.9. The zero-order valence-electron chi connectivity index (χ0n) is 47.8. The van der Waals surface area contributed by atoms with Crippen LogP contribution in [-0.4, -0.2) is 9.13 Å². The average Bonchev–Trinajstić information content (AvgIpc) is 3.15. The van der Waals surface area contributed by atoms with Gasteiger partial charge in [0.15, 0.2) is 0 Å². The molecule has 3 heterocycles. The minimum Gasteiger partial charge on any atom is -0.311 e. The van der Waals surface area contributed by atoms with Crippen LogP contribution in [0.5, 0.6) is 0 Å². The first-order valence-corrected chi connectivity index (χ1v) is 31.0. The third-order valence-corrected chi connectivity index (χ3v) is 19.5. The Hall–Kier alpha value is -11.3. The van der Waals surface area contributed by atoms with Crippen molar-refractivity contribution in [2.75, 3.05) is 4.90 Å². The lowest BCUT2D eigenvalue weighted by molar-refractivity contribution is 1.17. The van der Waals surface area contributed by atoms with Gasteiger partial charge in [0.2, 0.25) is 0 Å². The van der Waals surface area contributed by atoms with E-state index in [-0.39, 0.29) is 0 Å². The summed E-state index contributed by atoms with van der Waals surface area (Å²) in [7, 11) is 0. The second kappa shape index (κ2) is 20.2. The summed E-state index contributed by atoms with van der Waals surface area (Å²) in [4.78, 5) is 2.36. The van der Waals surface area contributed by atoms with Crippen molar-refractivity contribution in [1.29, 1.82) is 0 Å². The number of hydrogen-bond donors (Lipinski definition) is 0. The molecule has 4 heteroatoms. The fourth-order valence-electron chi connectivity index (χ4n) is 14.2. The molecule has 0 N–H and O–H groups in total. The van der Waals surface area contributed by atoms with Crippen LogP contribution < -0.4 is 4.90 Å². The monoisotopic (exact) mass is 1140 g/mol. The summed E-state index contributed by atoms with van der Waals surface area (Å²) in [6.07, 6.45) is 0. The van der Waals surface area contributed by atoms with Gasteiger partial charge < -0.3 is 14.0 Å². The van der Waals surface area contributed by atoms with Crippen LogP contribution in [0.3, 0.4) is 0 Å². The Balaban J connectivity index is 0.795. The van der Waals surface area contributed by atoms with Crippen LogP contribution in [0.4, 0.5) is 17.1 Å². The Labute approximate surface area is 512 Å². The number of nitrogens with zero attached hydrogens (tertiary/aromatic N) is 3. The van der Waals surface area contributed by atoms with Crippen LogP contribution in [0.15, 0.2) is 322 Å². The first kappa shape index (κ1) is 50.1. The standard InChI is InChI=1S/C84H53N3S/c1-4-17-54(18-5-1)58-35-45-79-75(49-58)76-50-59(55-19-6-2-7-20-55)36-46-80(76)87(79)65-43-48-82-78(53-65)77-51-60(37-47-81(77)86(82)64-42-44-71-69-25-11-10-23-67(69)68-24-12-13-26-70(68)74(71)52-64)56-31-38-62(39-32-56)85(61-21-8-3-9-22-61)63-40-33-57(34-41-63)66-28-16-29-73-72-27-14-15-30-83(72)88-84(66)73/h1-53H. The van der Waals surface area contributed by atoms with E-state index in [1.54, 1.807) is 0 Å². The first-order chi connectivity index (χ1) is 43.6. The van der Waals surface area contributed by atoms with E-state index in [1.807, 2.05) is 11.3 Å². The highest BCUT2D eigenvalue weighted by molar-refractivity contribution is 7.26. The molecule has 0 saturated heterocycles. The molecule has 0 amide bonds. The number of aromatic nitrogens is 2. The van der Waals surface area contributed by atoms with Gasteiger partial charge in [0.05, 0.1) is 22.1 Å². The van der Waals surface area contributed by atoms with Gasteiger partial charge >= 0.3 is 0 Å². The molecule has 0 aliphatic rings. The Kier molecular flexibility index (Phi) is 11.5. The predicted octanol–water partition coefficient (Wildman–Crippen LogP) is 23.8. The van der Waals surface area contributed by atoms with Gasteiger partial charge in [-0.1, -0.05) is 212 Å². The second-order valence-corrected chi connectivity index (χ2v) is 24.2. The fraction of sp³-hybridized carbons (Fsp3) is 0. The molecule has 0 fully saturated rings. The van der Waals surface area contributed by atoms with Gasteiger partial charge in [0.1, 0.15) is 0 Å². The van der Waals surface area contributed by atoms with Crippen LogP contribution >= 0.6 is 11.3 Å². The topological polar surface area (TPSA) is 13.1 Å². The lowest BCUT2D eigenvalue weighted by Gasteiger charge is -2.26. The molecule has 0 atom stereocenters. The third-order valence-electron chi connectivity index (χ3n) is 18.3. The van der Waals surface area contributed by atoms with Crippen molar-refractivity contribution in [3.63, 3.8) is 0 Å². The van der Waals surface area contributed by atoms with Crippen LogP contribution in [0.25, 0.3) is 152 Å². The average molecular weight is 1140 g/mol. The molecular formula is C84H53N3S. The van der Waals surface area contributed by atoms with E-state index in [9.17, 15) is 0 Å². The fourth-order valence-corrected chi connectivity index (χ4v) is 15.4. The van der Waals surface area contributed by atoms with E-state index in [4.69, 9.17) is 0 Å². The third kappa shape index (κ3) is 8.04. The number of benzene rings is 15. The summed E-state index contributed by atoms with van der Waals surface area (Å²) in [5.74, 6) is 0. The Morgan fingerprint density at radius 3 is 1.11 bits per heavy atom. The van der Waals surface area contributed by atoms with Gasteiger partial charge in [0.25, 0.3) is 0 Å². The van der Waals surface area contributed by atoms with Crippen molar-refractivity contribution >= 4 is 125 Å². The molecule has 0 unspecified atom stereocenters. The number of para-hydroxylation sites is 1. The largest absolute Gasteiger partial charge is 0.311 e. The van der Waals surface area contributed by atoms with Crippen LogP contribution in [0.1, 0.15) is 0 Å². The Morgan fingerprint density at radius 1 is 0.216 bits per heavy atom. The van der Waals surface area contributed by atoms with Crippen molar-refractivity contribution in [3.8, 4) is 55.9 Å². The van der Waals surface area contributed by atoms with Gasteiger partial charge in [0, 0.05) is 70.2 Å².